The minimum absolute atomic E-state index is 0.353. The van der Waals surface area contributed by atoms with Crippen LogP contribution in [0.4, 0.5) is 13.2 Å². The van der Waals surface area contributed by atoms with Crippen molar-refractivity contribution < 1.29 is 17.9 Å². The Balaban J connectivity index is 1.64. The molecule has 0 saturated carbocycles. The molecule has 2 rings (SSSR count). The lowest BCUT2D eigenvalue weighted by Gasteiger charge is -2.20. The van der Waals surface area contributed by atoms with Crippen LogP contribution in [-0.2, 0) is 4.74 Å². The zero-order valence-electron chi connectivity index (χ0n) is 11.2. The Morgan fingerprint density at radius 2 is 2.00 bits per heavy atom. The molecule has 112 valence electrons. The summed E-state index contributed by atoms with van der Waals surface area (Å²) in [5.74, 6) is 0.353. The van der Waals surface area contributed by atoms with E-state index in [0.29, 0.717) is 25.0 Å². The van der Waals surface area contributed by atoms with Gasteiger partial charge in [0.05, 0.1) is 6.54 Å². The van der Waals surface area contributed by atoms with Crippen LogP contribution >= 0.6 is 0 Å². The largest absolute Gasteiger partial charge is 0.401 e. The molecular weight excluding hydrogens is 257 g/mol. The lowest BCUT2D eigenvalue weighted by molar-refractivity contribution is -0.143. The summed E-state index contributed by atoms with van der Waals surface area (Å²) in [6, 6.07) is 0.471. The SMILES string of the molecule is FC(F)(F)CN1CCC(CNC2CCCOCC2)C1. The lowest BCUT2D eigenvalue weighted by Crippen LogP contribution is -2.36. The molecule has 6 heteroatoms. The Morgan fingerprint density at radius 1 is 1.16 bits per heavy atom. The zero-order chi connectivity index (χ0) is 13.7. The van der Waals surface area contributed by atoms with Gasteiger partial charge in [-0.05, 0) is 44.7 Å². The van der Waals surface area contributed by atoms with Crippen molar-refractivity contribution in [2.75, 3.05) is 39.4 Å². The minimum atomic E-state index is -4.07. The summed E-state index contributed by atoms with van der Waals surface area (Å²) in [6.07, 6.45) is -0.00620. The fourth-order valence-corrected chi connectivity index (χ4v) is 2.92. The van der Waals surface area contributed by atoms with Gasteiger partial charge in [-0.3, -0.25) is 4.90 Å². The van der Waals surface area contributed by atoms with Gasteiger partial charge in [0.2, 0.25) is 0 Å². The first kappa shape index (κ1) is 15.1. The standard InChI is InChI=1S/C13H23F3N2O/c14-13(15,16)10-18-5-3-11(9-18)8-17-12-2-1-6-19-7-4-12/h11-12,17H,1-10H2. The second-order valence-corrected chi connectivity index (χ2v) is 5.65. The Kier molecular flexibility index (Phi) is 5.47. The molecule has 0 aromatic carbocycles. The van der Waals surface area contributed by atoms with Gasteiger partial charge in [-0.15, -0.1) is 0 Å². The van der Waals surface area contributed by atoms with Gasteiger partial charge in [0, 0.05) is 25.8 Å². The van der Waals surface area contributed by atoms with Gasteiger partial charge < -0.3 is 10.1 Å². The molecule has 0 amide bonds. The van der Waals surface area contributed by atoms with Gasteiger partial charge in [-0.2, -0.15) is 13.2 Å². The van der Waals surface area contributed by atoms with Crippen molar-refractivity contribution in [3.8, 4) is 0 Å². The molecule has 0 radical (unpaired) electrons. The molecule has 2 fully saturated rings. The molecule has 2 heterocycles. The maximum atomic E-state index is 12.3. The Bertz CT molecular complexity index is 265. The number of alkyl halides is 3. The molecule has 2 saturated heterocycles. The number of likely N-dealkylation sites (tertiary alicyclic amines) is 1. The second kappa shape index (κ2) is 6.90. The average molecular weight is 280 g/mol. The van der Waals surface area contributed by atoms with Crippen molar-refractivity contribution in [1.29, 1.82) is 0 Å². The molecule has 19 heavy (non-hydrogen) atoms. The van der Waals surface area contributed by atoms with Crippen LogP contribution in [0.5, 0.6) is 0 Å². The number of nitrogens with zero attached hydrogens (tertiary/aromatic N) is 1. The van der Waals surface area contributed by atoms with E-state index in [9.17, 15) is 13.2 Å². The highest BCUT2D eigenvalue weighted by Crippen LogP contribution is 2.22. The predicted octanol–water partition coefficient (Wildman–Crippen LogP) is 2.03. The van der Waals surface area contributed by atoms with Crippen LogP contribution in [0.15, 0.2) is 0 Å². The van der Waals surface area contributed by atoms with E-state index in [1.807, 2.05) is 0 Å². The normalized spacial score (nSPS) is 30.5. The Hall–Kier alpha value is -0.330. The van der Waals surface area contributed by atoms with E-state index in [4.69, 9.17) is 4.74 Å². The van der Waals surface area contributed by atoms with Crippen LogP contribution in [0.2, 0.25) is 0 Å². The highest BCUT2D eigenvalue weighted by molar-refractivity contribution is 4.80. The maximum absolute atomic E-state index is 12.3. The lowest BCUT2D eigenvalue weighted by atomic mass is 10.1. The van der Waals surface area contributed by atoms with Gasteiger partial charge in [0.25, 0.3) is 0 Å². The maximum Gasteiger partial charge on any atom is 0.401 e. The van der Waals surface area contributed by atoms with E-state index in [1.165, 1.54) is 4.90 Å². The van der Waals surface area contributed by atoms with Crippen LogP contribution in [-0.4, -0.2) is 56.5 Å². The van der Waals surface area contributed by atoms with Gasteiger partial charge in [0.15, 0.2) is 0 Å². The Labute approximate surface area is 112 Å². The first-order chi connectivity index (χ1) is 9.03. The number of rotatable bonds is 4. The summed E-state index contributed by atoms with van der Waals surface area (Å²) in [4.78, 5) is 1.52. The summed E-state index contributed by atoms with van der Waals surface area (Å²) in [5, 5.41) is 3.50. The number of halogens is 3. The molecule has 0 aromatic rings. The van der Waals surface area contributed by atoms with Crippen LogP contribution < -0.4 is 5.32 Å². The van der Waals surface area contributed by atoms with E-state index in [2.05, 4.69) is 5.32 Å². The molecule has 2 atom stereocenters. The quantitative estimate of drug-likeness (QED) is 0.853. The van der Waals surface area contributed by atoms with Crippen LogP contribution in [0, 0.1) is 5.92 Å². The van der Waals surface area contributed by atoms with E-state index in [-0.39, 0.29) is 0 Å². The van der Waals surface area contributed by atoms with Crippen LogP contribution in [0.3, 0.4) is 0 Å². The van der Waals surface area contributed by atoms with Crippen LogP contribution in [0.1, 0.15) is 25.7 Å². The minimum Gasteiger partial charge on any atom is -0.381 e. The smallest absolute Gasteiger partial charge is 0.381 e. The first-order valence-electron chi connectivity index (χ1n) is 7.13. The number of nitrogens with one attached hydrogen (secondary N) is 1. The molecular formula is C13H23F3N2O. The number of hydrogen-bond acceptors (Lipinski definition) is 3. The molecule has 3 nitrogen and oxygen atoms in total. The van der Waals surface area contributed by atoms with E-state index in [1.54, 1.807) is 0 Å². The molecule has 2 aliphatic rings. The third kappa shape index (κ3) is 5.67. The summed E-state index contributed by atoms with van der Waals surface area (Å²) in [6.45, 7) is 2.83. The van der Waals surface area contributed by atoms with Gasteiger partial charge in [0.1, 0.15) is 0 Å². The van der Waals surface area contributed by atoms with Crippen molar-refractivity contribution >= 4 is 0 Å². The molecule has 0 aromatic heterocycles. The fourth-order valence-electron chi connectivity index (χ4n) is 2.92. The van der Waals surface area contributed by atoms with Gasteiger partial charge in [-0.25, -0.2) is 0 Å². The summed E-state index contributed by atoms with van der Waals surface area (Å²) < 4.78 is 42.3. The van der Waals surface area contributed by atoms with E-state index in [0.717, 1.165) is 45.4 Å². The van der Waals surface area contributed by atoms with Crippen molar-refractivity contribution in [3.63, 3.8) is 0 Å². The van der Waals surface area contributed by atoms with Crippen molar-refractivity contribution in [2.45, 2.75) is 37.9 Å². The zero-order valence-corrected chi connectivity index (χ0v) is 11.2. The van der Waals surface area contributed by atoms with Crippen molar-refractivity contribution in [1.82, 2.24) is 10.2 Å². The monoisotopic (exact) mass is 280 g/mol. The average Bonchev–Trinajstić information content (AvgIpc) is 2.60. The summed E-state index contributed by atoms with van der Waals surface area (Å²) >= 11 is 0. The first-order valence-corrected chi connectivity index (χ1v) is 7.13. The molecule has 0 bridgehead atoms. The third-order valence-electron chi connectivity index (χ3n) is 3.92. The molecule has 2 aliphatic heterocycles. The Morgan fingerprint density at radius 3 is 2.79 bits per heavy atom. The molecule has 1 N–H and O–H groups in total. The molecule has 0 spiro atoms. The molecule has 0 aliphatic carbocycles. The van der Waals surface area contributed by atoms with Gasteiger partial charge >= 0.3 is 6.18 Å². The van der Waals surface area contributed by atoms with E-state index >= 15 is 0 Å². The predicted molar refractivity (Wildman–Crippen MR) is 67.1 cm³/mol. The fraction of sp³-hybridized carbons (Fsp3) is 1.00. The van der Waals surface area contributed by atoms with Crippen molar-refractivity contribution in [2.24, 2.45) is 5.92 Å². The van der Waals surface area contributed by atoms with Gasteiger partial charge in [-0.1, -0.05) is 0 Å². The highest BCUT2D eigenvalue weighted by atomic mass is 19.4. The van der Waals surface area contributed by atoms with E-state index < -0.39 is 12.7 Å². The second-order valence-electron chi connectivity index (χ2n) is 5.65. The number of ether oxygens (including phenoxy) is 1. The summed E-state index contributed by atoms with van der Waals surface area (Å²) in [7, 11) is 0. The number of hydrogen-bond donors (Lipinski definition) is 1. The topological polar surface area (TPSA) is 24.5 Å². The highest BCUT2D eigenvalue weighted by Gasteiger charge is 2.34. The third-order valence-corrected chi connectivity index (χ3v) is 3.92. The summed E-state index contributed by atoms with van der Waals surface area (Å²) in [5.41, 5.74) is 0. The molecule has 2 unspecified atom stereocenters. The van der Waals surface area contributed by atoms with Crippen molar-refractivity contribution in [3.05, 3.63) is 0 Å². The van der Waals surface area contributed by atoms with Crippen LogP contribution in [0.25, 0.3) is 0 Å².